The van der Waals surface area contributed by atoms with E-state index in [1.807, 2.05) is 7.05 Å². The molecule has 21 heavy (non-hydrogen) atoms. The number of nitrogens with one attached hydrogen (secondary N) is 1. The minimum Gasteiger partial charge on any atom is -0.379 e. The Hall–Kier alpha value is -1.39. The average Bonchev–Trinajstić information content (AvgIpc) is 2.46. The first-order valence-corrected chi connectivity index (χ1v) is 7.65. The van der Waals surface area contributed by atoms with Crippen molar-refractivity contribution >= 4 is 11.5 Å². The fourth-order valence-corrected chi connectivity index (χ4v) is 2.47. The van der Waals surface area contributed by atoms with E-state index in [4.69, 9.17) is 9.73 Å². The molecule has 1 fully saturated rings. The molecule has 1 aliphatic rings. The number of nitrogens with zero attached hydrogens (tertiary/aromatic N) is 2. The highest BCUT2D eigenvalue weighted by atomic mass is 16.5. The van der Waals surface area contributed by atoms with Gasteiger partial charge in [0.1, 0.15) is 5.84 Å². The van der Waals surface area contributed by atoms with Gasteiger partial charge < -0.3 is 10.1 Å². The number of hydrogen-bond donors (Lipinski definition) is 1. The summed E-state index contributed by atoms with van der Waals surface area (Å²) in [7, 11) is 1.94. The Balaban J connectivity index is 2.21. The number of aliphatic imine (C=N–C) groups is 1. The first-order valence-electron chi connectivity index (χ1n) is 7.65. The van der Waals surface area contributed by atoms with Crippen molar-refractivity contribution in [1.29, 1.82) is 0 Å². The first-order chi connectivity index (χ1) is 10.0. The second-order valence-corrected chi connectivity index (χ2v) is 6.48. The van der Waals surface area contributed by atoms with E-state index < -0.39 is 0 Å². The van der Waals surface area contributed by atoms with Gasteiger partial charge in [-0.1, -0.05) is 39.0 Å². The maximum Gasteiger partial charge on any atom is 0.107 e. The van der Waals surface area contributed by atoms with Crippen LogP contribution in [-0.2, 0) is 11.3 Å². The normalized spacial score (nSPS) is 17.8. The topological polar surface area (TPSA) is 36.9 Å². The lowest BCUT2D eigenvalue weighted by atomic mass is 9.95. The monoisotopic (exact) mass is 289 g/mol. The fourth-order valence-electron chi connectivity index (χ4n) is 2.47. The molecule has 1 saturated heterocycles. The quantitative estimate of drug-likeness (QED) is 0.687. The van der Waals surface area contributed by atoms with Crippen LogP contribution in [0.4, 0.5) is 5.69 Å². The number of rotatable bonds is 3. The number of ether oxygens (including phenoxy) is 1. The Bertz CT molecular complexity index is 485. The second-order valence-electron chi connectivity index (χ2n) is 6.48. The van der Waals surface area contributed by atoms with Gasteiger partial charge in [-0.3, -0.25) is 4.90 Å². The number of para-hydroxylation sites is 1. The summed E-state index contributed by atoms with van der Waals surface area (Å²) < 4.78 is 5.42. The smallest absolute Gasteiger partial charge is 0.107 e. The first kappa shape index (κ1) is 16.0. The van der Waals surface area contributed by atoms with Crippen LogP contribution in [0.15, 0.2) is 29.3 Å². The zero-order chi connectivity index (χ0) is 15.3. The zero-order valence-corrected chi connectivity index (χ0v) is 13.6. The lowest BCUT2D eigenvalue weighted by Crippen LogP contribution is -2.35. The molecule has 1 aliphatic heterocycles. The van der Waals surface area contributed by atoms with Crippen molar-refractivity contribution in [3.05, 3.63) is 29.8 Å². The van der Waals surface area contributed by atoms with Crippen molar-refractivity contribution in [3.63, 3.8) is 0 Å². The van der Waals surface area contributed by atoms with Gasteiger partial charge in [0, 0.05) is 32.1 Å². The summed E-state index contributed by atoms with van der Waals surface area (Å²) in [5.41, 5.74) is 2.35. The van der Waals surface area contributed by atoms with Crippen molar-refractivity contribution in [2.24, 2.45) is 10.4 Å². The predicted molar refractivity (Wildman–Crippen MR) is 88.1 cm³/mol. The molecule has 0 unspecified atom stereocenters. The van der Waals surface area contributed by atoms with Gasteiger partial charge in [-0.2, -0.15) is 0 Å². The average molecular weight is 289 g/mol. The molecular weight excluding hydrogens is 262 g/mol. The third kappa shape index (κ3) is 4.55. The van der Waals surface area contributed by atoms with Crippen LogP contribution >= 0.6 is 0 Å². The van der Waals surface area contributed by atoms with Crippen molar-refractivity contribution in [2.75, 3.05) is 33.4 Å². The van der Waals surface area contributed by atoms with Crippen molar-refractivity contribution in [3.8, 4) is 0 Å². The summed E-state index contributed by atoms with van der Waals surface area (Å²) in [6.07, 6.45) is 0. The standard InChI is InChI=1S/C17H27N3O/c1-17(2,3)16(18-4)19-15-8-6-5-7-14(15)13-20-9-11-21-12-10-20/h5-8H,9-13H2,1-4H3,(H,18,19). The van der Waals surface area contributed by atoms with Crippen molar-refractivity contribution < 1.29 is 4.74 Å². The van der Waals surface area contributed by atoms with E-state index in [2.05, 4.69) is 55.3 Å². The summed E-state index contributed by atoms with van der Waals surface area (Å²) in [5, 5.41) is 3.24. The summed E-state index contributed by atoms with van der Waals surface area (Å²) in [6, 6.07) is 8.41. The summed E-state index contributed by atoms with van der Waals surface area (Å²) in [5.74, 6) is 1.01. The lowest BCUT2D eigenvalue weighted by molar-refractivity contribution is 0.0342. The van der Waals surface area contributed by atoms with Gasteiger partial charge in [-0.25, -0.2) is 4.99 Å². The maximum atomic E-state index is 5.42. The van der Waals surface area contributed by atoms with Crippen LogP contribution in [0.25, 0.3) is 0 Å². The second kappa shape index (κ2) is 7.05. The Morgan fingerprint density at radius 1 is 1.24 bits per heavy atom. The minimum absolute atomic E-state index is 0.0147. The van der Waals surface area contributed by atoms with E-state index in [-0.39, 0.29) is 5.41 Å². The summed E-state index contributed by atoms with van der Waals surface area (Å²) in [4.78, 5) is 7.29. The molecule has 1 aromatic carbocycles. The highest BCUT2D eigenvalue weighted by molar-refractivity contribution is 5.89. The van der Waals surface area contributed by atoms with Crippen molar-refractivity contribution in [1.82, 2.24) is 10.2 Å². The molecule has 0 radical (unpaired) electrons. The molecule has 4 nitrogen and oxygen atoms in total. The number of amidine groups is 1. The Morgan fingerprint density at radius 3 is 2.52 bits per heavy atom. The molecule has 1 heterocycles. The van der Waals surface area contributed by atoms with E-state index >= 15 is 0 Å². The highest BCUT2D eigenvalue weighted by Crippen LogP contribution is 2.24. The molecule has 1 N–H and O–H groups in total. The van der Waals surface area contributed by atoms with Crippen molar-refractivity contribution in [2.45, 2.75) is 27.3 Å². The van der Waals surface area contributed by atoms with Crippen LogP contribution in [0, 0.1) is 5.41 Å². The minimum atomic E-state index is 0.0147. The SMILES string of the molecule is CN/C(=N\c1ccccc1CN1CCOCC1)C(C)(C)C. The van der Waals surface area contributed by atoms with Gasteiger partial charge in [0.05, 0.1) is 18.9 Å². The third-order valence-corrected chi connectivity index (χ3v) is 3.67. The van der Waals surface area contributed by atoms with E-state index in [9.17, 15) is 0 Å². The molecule has 0 aliphatic carbocycles. The molecule has 4 heteroatoms. The van der Waals surface area contributed by atoms with E-state index in [0.717, 1.165) is 44.4 Å². The van der Waals surface area contributed by atoms with Crippen LogP contribution < -0.4 is 5.32 Å². The molecule has 0 spiro atoms. The maximum absolute atomic E-state index is 5.42. The van der Waals surface area contributed by atoms with Gasteiger partial charge in [0.2, 0.25) is 0 Å². The molecule has 0 atom stereocenters. The van der Waals surface area contributed by atoms with Gasteiger partial charge in [-0.05, 0) is 11.6 Å². The third-order valence-electron chi connectivity index (χ3n) is 3.67. The molecule has 116 valence electrons. The zero-order valence-electron chi connectivity index (χ0n) is 13.6. The van der Waals surface area contributed by atoms with Crippen LogP contribution in [-0.4, -0.2) is 44.1 Å². The number of benzene rings is 1. The molecule has 2 rings (SSSR count). The number of morpholine rings is 1. The Morgan fingerprint density at radius 2 is 1.90 bits per heavy atom. The van der Waals surface area contributed by atoms with Crippen LogP contribution in [0.5, 0.6) is 0 Å². The highest BCUT2D eigenvalue weighted by Gasteiger charge is 2.19. The number of hydrogen-bond acceptors (Lipinski definition) is 3. The van der Waals surface area contributed by atoms with Gasteiger partial charge in [0.15, 0.2) is 0 Å². The largest absolute Gasteiger partial charge is 0.379 e. The molecule has 0 bridgehead atoms. The van der Waals surface area contributed by atoms with Gasteiger partial charge >= 0.3 is 0 Å². The van der Waals surface area contributed by atoms with Crippen LogP contribution in [0.1, 0.15) is 26.3 Å². The molecular formula is C17H27N3O. The predicted octanol–water partition coefficient (Wildman–Crippen LogP) is 2.81. The molecule has 1 aromatic rings. The van der Waals surface area contributed by atoms with Crippen LogP contribution in [0.2, 0.25) is 0 Å². The molecule has 0 amide bonds. The fraction of sp³-hybridized carbons (Fsp3) is 0.588. The summed E-state index contributed by atoms with van der Waals surface area (Å²) >= 11 is 0. The van der Waals surface area contributed by atoms with E-state index in [1.165, 1.54) is 5.56 Å². The van der Waals surface area contributed by atoms with Crippen LogP contribution in [0.3, 0.4) is 0 Å². The Labute approximate surface area is 128 Å². The van der Waals surface area contributed by atoms with E-state index in [0.29, 0.717) is 0 Å². The summed E-state index contributed by atoms with van der Waals surface area (Å²) in [6.45, 7) is 11.1. The molecule has 0 aromatic heterocycles. The van der Waals surface area contributed by atoms with Gasteiger partial charge in [0.25, 0.3) is 0 Å². The van der Waals surface area contributed by atoms with E-state index in [1.54, 1.807) is 0 Å². The molecule has 0 saturated carbocycles. The lowest BCUT2D eigenvalue weighted by Gasteiger charge is -2.27. The Kier molecular flexibility index (Phi) is 5.37. The van der Waals surface area contributed by atoms with Gasteiger partial charge in [-0.15, -0.1) is 0 Å².